The van der Waals surface area contributed by atoms with Crippen molar-refractivity contribution in [2.75, 3.05) is 22.5 Å². The molecule has 2 amide bonds. The molecule has 0 aliphatic heterocycles. The largest absolute Gasteiger partial charge is 0.369 e. The summed E-state index contributed by atoms with van der Waals surface area (Å²) in [7, 11) is 0. The number of carbonyl (C=O) groups is 2. The minimum absolute atomic E-state index is 0.145. The summed E-state index contributed by atoms with van der Waals surface area (Å²) >= 11 is 0. The number of aromatic nitrogens is 2. The molecule has 3 N–H and O–H groups in total. The number of benzene rings is 1. The number of rotatable bonds is 6. The normalized spacial score (nSPS) is 10.3. The average Bonchev–Trinajstić information content (AvgIpc) is 2.54. The molecule has 0 atom stereocenters. The average molecular weight is 327 g/mol. The van der Waals surface area contributed by atoms with E-state index in [1.165, 1.54) is 19.3 Å². The van der Waals surface area contributed by atoms with E-state index in [2.05, 4.69) is 39.8 Å². The molecule has 0 spiro atoms. The van der Waals surface area contributed by atoms with Crippen molar-refractivity contribution in [2.24, 2.45) is 5.92 Å². The minimum Gasteiger partial charge on any atom is -0.369 e. The van der Waals surface area contributed by atoms with Gasteiger partial charge in [-0.15, -0.1) is 0 Å². The van der Waals surface area contributed by atoms with Crippen molar-refractivity contribution in [1.29, 1.82) is 0 Å². The highest BCUT2D eigenvalue weighted by Crippen LogP contribution is 2.14. The van der Waals surface area contributed by atoms with Gasteiger partial charge in [-0.2, -0.15) is 0 Å². The highest BCUT2D eigenvalue weighted by molar-refractivity contribution is 6.02. The molecule has 0 aliphatic carbocycles. The molecule has 0 unspecified atom stereocenters. The molecular formula is C17H21N5O2. The summed E-state index contributed by atoms with van der Waals surface area (Å²) in [5.74, 6) is 0.647. The van der Waals surface area contributed by atoms with Crippen molar-refractivity contribution in [1.82, 2.24) is 9.97 Å². The maximum absolute atomic E-state index is 12.2. The van der Waals surface area contributed by atoms with E-state index in [0.717, 1.165) is 6.54 Å². The molecule has 1 aromatic carbocycles. The Morgan fingerprint density at radius 1 is 1.00 bits per heavy atom. The van der Waals surface area contributed by atoms with Gasteiger partial charge in [0.25, 0.3) is 5.91 Å². The molecule has 2 rings (SSSR count). The first-order valence-electron chi connectivity index (χ1n) is 7.69. The summed E-state index contributed by atoms with van der Waals surface area (Å²) in [5, 5.41) is 8.54. The van der Waals surface area contributed by atoms with Gasteiger partial charge in [-0.05, 0) is 30.2 Å². The summed E-state index contributed by atoms with van der Waals surface area (Å²) in [6.07, 6.45) is 2.97. The third-order valence-corrected chi connectivity index (χ3v) is 3.04. The molecule has 1 heterocycles. The molecule has 0 saturated heterocycles. The van der Waals surface area contributed by atoms with Gasteiger partial charge in [0, 0.05) is 24.8 Å². The zero-order valence-corrected chi connectivity index (χ0v) is 14.0. The second kappa shape index (κ2) is 8.05. The molecule has 24 heavy (non-hydrogen) atoms. The Kier molecular flexibility index (Phi) is 5.83. The van der Waals surface area contributed by atoms with Crippen LogP contribution >= 0.6 is 0 Å². The van der Waals surface area contributed by atoms with Crippen molar-refractivity contribution in [3.05, 3.63) is 42.4 Å². The fraction of sp³-hybridized carbons (Fsp3) is 0.294. The summed E-state index contributed by atoms with van der Waals surface area (Å²) < 4.78 is 0. The molecule has 0 fully saturated rings. The molecule has 0 aliphatic rings. The molecule has 1 aromatic heterocycles. The van der Waals surface area contributed by atoms with E-state index in [4.69, 9.17) is 0 Å². The number of nitrogens with one attached hydrogen (secondary N) is 3. The van der Waals surface area contributed by atoms with Crippen molar-refractivity contribution in [3.8, 4) is 0 Å². The molecule has 0 radical (unpaired) electrons. The number of amides is 2. The second-order valence-corrected chi connectivity index (χ2v) is 5.77. The van der Waals surface area contributed by atoms with E-state index in [1.807, 2.05) is 0 Å². The Labute approximate surface area is 140 Å². The Balaban J connectivity index is 1.95. The highest BCUT2D eigenvalue weighted by atomic mass is 16.2. The standard InChI is InChI=1S/C17H21N5O2/c1-11(2)8-19-16-10-18-15(9-20-16)17(24)22-14-6-4-13(5-7-14)21-12(3)23/h4-7,9-11H,8H2,1-3H3,(H,19,20)(H,21,23)(H,22,24). The van der Waals surface area contributed by atoms with Crippen LogP contribution in [-0.4, -0.2) is 28.3 Å². The minimum atomic E-state index is -0.342. The van der Waals surface area contributed by atoms with E-state index in [0.29, 0.717) is 23.1 Å². The first-order chi connectivity index (χ1) is 11.4. The van der Waals surface area contributed by atoms with Gasteiger partial charge in [0.2, 0.25) is 5.91 Å². The van der Waals surface area contributed by atoms with Crippen LogP contribution in [0, 0.1) is 5.92 Å². The fourth-order valence-corrected chi connectivity index (χ4v) is 1.88. The first-order valence-corrected chi connectivity index (χ1v) is 7.69. The van der Waals surface area contributed by atoms with Crippen LogP contribution in [-0.2, 0) is 4.79 Å². The van der Waals surface area contributed by atoms with E-state index in [-0.39, 0.29) is 17.5 Å². The van der Waals surface area contributed by atoms with Gasteiger partial charge in [-0.25, -0.2) is 9.97 Å². The molecule has 7 heteroatoms. The van der Waals surface area contributed by atoms with Gasteiger partial charge in [0.1, 0.15) is 11.5 Å². The third kappa shape index (κ3) is 5.35. The summed E-state index contributed by atoms with van der Waals surface area (Å²) in [6.45, 7) is 6.42. The smallest absolute Gasteiger partial charge is 0.275 e. The number of hydrogen-bond donors (Lipinski definition) is 3. The van der Waals surface area contributed by atoms with Crippen LogP contribution in [0.25, 0.3) is 0 Å². The van der Waals surface area contributed by atoms with E-state index >= 15 is 0 Å². The van der Waals surface area contributed by atoms with Crippen molar-refractivity contribution in [2.45, 2.75) is 20.8 Å². The van der Waals surface area contributed by atoms with Crippen LogP contribution in [0.15, 0.2) is 36.7 Å². The van der Waals surface area contributed by atoms with Gasteiger partial charge >= 0.3 is 0 Å². The van der Waals surface area contributed by atoms with Gasteiger partial charge < -0.3 is 16.0 Å². The lowest BCUT2D eigenvalue weighted by molar-refractivity contribution is -0.114. The van der Waals surface area contributed by atoms with Gasteiger partial charge in [0.15, 0.2) is 0 Å². The summed E-state index contributed by atoms with van der Waals surface area (Å²) in [4.78, 5) is 31.4. The lowest BCUT2D eigenvalue weighted by Gasteiger charge is -2.09. The van der Waals surface area contributed by atoms with Gasteiger partial charge in [-0.3, -0.25) is 9.59 Å². The van der Waals surface area contributed by atoms with Crippen LogP contribution in [0.5, 0.6) is 0 Å². The number of hydrogen-bond acceptors (Lipinski definition) is 5. The summed E-state index contributed by atoms with van der Waals surface area (Å²) in [6, 6.07) is 6.83. The molecule has 0 bridgehead atoms. The molecule has 2 aromatic rings. The second-order valence-electron chi connectivity index (χ2n) is 5.77. The van der Waals surface area contributed by atoms with Crippen LogP contribution in [0.3, 0.4) is 0 Å². The van der Waals surface area contributed by atoms with Crippen molar-refractivity contribution < 1.29 is 9.59 Å². The van der Waals surface area contributed by atoms with Crippen LogP contribution in [0.1, 0.15) is 31.3 Å². The predicted octanol–water partition coefficient (Wildman–Crippen LogP) is 2.76. The molecule has 7 nitrogen and oxygen atoms in total. The predicted molar refractivity (Wildman–Crippen MR) is 94.1 cm³/mol. The number of carbonyl (C=O) groups excluding carboxylic acids is 2. The zero-order chi connectivity index (χ0) is 17.5. The van der Waals surface area contributed by atoms with E-state index in [1.54, 1.807) is 24.3 Å². The lowest BCUT2D eigenvalue weighted by Crippen LogP contribution is -2.15. The highest BCUT2D eigenvalue weighted by Gasteiger charge is 2.09. The van der Waals surface area contributed by atoms with Crippen LogP contribution in [0.2, 0.25) is 0 Å². The quantitative estimate of drug-likeness (QED) is 0.758. The van der Waals surface area contributed by atoms with Crippen molar-refractivity contribution in [3.63, 3.8) is 0 Å². The Morgan fingerprint density at radius 3 is 2.12 bits per heavy atom. The summed E-state index contributed by atoms with van der Waals surface area (Å²) in [5.41, 5.74) is 1.51. The zero-order valence-electron chi connectivity index (χ0n) is 14.0. The SMILES string of the molecule is CC(=O)Nc1ccc(NC(=O)c2cnc(NCC(C)C)cn2)cc1. The first kappa shape index (κ1) is 17.4. The number of anilines is 3. The van der Waals surface area contributed by atoms with E-state index < -0.39 is 0 Å². The fourth-order valence-electron chi connectivity index (χ4n) is 1.88. The van der Waals surface area contributed by atoms with E-state index in [9.17, 15) is 9.59 Å². The Morgan fingerprint density at radius 2 is 1.62 bits per heavy atom. The Bertz CT molecular complexity index is 696. The topological polar surface area (TPSA) is 96.0 Å². The third-order valence-electron chi connectivity index (χ3n) is 3.04. The van der Waals surface area contributed by atoms with Gasteiger partial charge in [0.05, 0.1) is 12.4 Å². The molecular weight excluding hydrogens is 306 g/mol. The molecule has 0 saturated carbocycles. The Hall–Kier alpha value is -2.96. The monoisotopic (exact) mass is 327 g/mol. The van der Waals surface area contributed by atoms with Crippen LogP contribution < -0.4 is 16.0 Å². The van der Waals surface area contributed by atoms with Gasteiger partial charge in [-0.1, -0.05) is 13.8 Å². The number of nitrogens with zero attached hydrogens (tertiary/aromatic N) is 2. The van der Waals surface area contributed by atoms with Crippen LogP contribution in [0.4, 0.5) is 17.2 Å². The van der Waals surface area contributed by atoms with Crippen molar-refractivity contribution >= 4 is 29.0 Å². The molecule has 126 valence electrons. The maximum atomic E-state index is 12.2. The maximum Gasteiger partial charge on any atom is 0.275 e. The lowest BCUT2D eigenvalue weighted by atomic mass is 10.2.